The second-order valence-corrected chi connectivity index (χ2v) is 5.87. The van der Waals surface area contributed by atoms with Gasteiger partial charge in [-0.25, -0.2) is 0 Å². The maximum atomic E-state index is 12.0. The monoisotopic (exact) mass is 361 g/mol. The molecule has 1 saturated heterocycles. The highest BCUT2D eigenvalue weighted by molar-refractivity contribution is 9.10. The van der Waals surface area contributed by atoms with Gasteiger partial charge in [0.05, 0.1) is 6.54 Å². The molecule has 1 fully saturated rings. The van der Waals surface area contributed by atoms with Gasteiger partial charge < -0.3 is 11.1 Å². The first kappa shape index (κ1) is 17.4. The predicted octanol–water partition coefficient (Wildman–Crippen LogP) is 2.54. The SMILES string of the molecule is Cc1cc(NC(=O)CN2CCCC2CN)ccc1Br.Cl. The fourth-order valence-electron chi connectivity index (χ4n) is 2.48. The Hall–Kier alpha value is -0.620. The van der Waals surface area contributed by atoms with E-state index < -0.39 is 0 Å². The molecule has 2 rings (SSSR count). The highest BCUT2D eigenvalue weighted by Gasteiger charge is 2.24. The number of nitrogens with one attached hydrogen (secondary N) is 1. The maximum absolute atomic E-state index is 12.0. The van der Waals surface area contributed by atoms with Crippen LogP contribution in [-0.2, 0) is 4.79 Å². The lowest BCUT2D eigenvalue weighted by atomic mass is 10.2. The lowest BCUT2D eigenvalue weighted by molar-refractivity contribution is -0.117. The van der Waals surface area contributed by atoms with Crippen molar-refractivity contribution in [2.45, 2.75) is 25.8 Å². The van der Waals surface area contributed by atoms with Crippen molar-refractivity contribution in [3.8, 4) is 0 Å². The molecule has 1 aliphatic rings. The predicted molar refractivity (Wildman–Crippen MR) is 88.4 cm³/mol. The second-order valence-electron chi connectivity index (χ2n) is 5.01. The van der Waals surface area contributed by atoms with E-state index in [2.05, 4.69) is 26.1 Å². The number of rotatable bonds is 4. The van der Waals surface area contributed by atoms with Gasteiger partial charge in [0.25, 0.3) is 0 Å². The van der Waals surface area contributed by atoms with Gasteiger partial charge >= 0.3 is 0 Å². The summed E-state index contributed by atoms with van der Waals surface area (Å²) in [5, 5.41) is 2.94. The van der Waals surface area contributed by atoms with Gasteiger partial charge in [0.1, 0.15) is 0 Å². The summed E-state index contributed by atoms with van der Waals surface area (Å²) in [7, 11) is 0. The number of halogens is 2. The van der Waals surface area contributed by atoms with Gasteiger partial charge in [-0.1, -0.05) is 15.9 Å². The molecular formula is C14H21BrClN3O. The van der Waals surface area contributed by atoms with E-state index in [1.807, 2.05) is 25.1 Å². The second kappa shape index (κ2) is 7.98. The highest BCUT2D eigenvalue weighted by Crippen LogP contribution is 2.20. The molecule has 0 saturated carbocycles. The van der Waals surface area contributed by atoms with Crippen molar-refractivity contribution < 1.29 is 4.79 Å². The van der Waals surface area contributed by atoms with Crippen LogP contribution in [0.5, 0.6) is 0 Å². The van der Waals surface area contributed by atoms with Crippen LogP contribution in [-0.4, -0.2) is 36.5 Å². The zero-order valence-electron chi connectivity index (χ0n) is 11.6. The molecule has 3 N–H and O–H groups in total. The van der Waals surface area contributed by atoms with Crippen LogP contribution in [0.1, 0.15) is 18.4 Å². The molecule has 0 aliphatic carbocycles. The first-order valence-electron chi connectivity index (χ1n) is 6.60. The fraction of sp³-hybridized carbons (Fsp3) is 0.500. The number of carbonyl (C=O) groups excluding carboxylic acids is 1. The number of hydrogen-bond acceptors (Lipinski definition) is 3. The molecule has 1 aliphatic heterocycles. The van der Waals surface area contributed by atoms with Crippen LogP contribution < -0.4 is 11.1 Å². The zero-order valence-corrected chi connectivity index (χ0v) is 14.0. The van der Waals surface area contributed by atoms with Crippen LogP contribution in [0.3, 0.4) is 0 Å². The summed E-state index contributed by atoms with van der Waals surface area (Å²) in [6.45, 7) is 4.03. The average molecular weight is 363 g/mol. The Morgan fingerprint density at radius 2 is 2.30 bits per heavy atom. The number of anilines is 1. The molecule has 0 bridgehead atoms. The number of likely N-dealkylation sites (tertiary alicyclic amines) is 1. The molecule has 1 amide bonds. The number of nitrogens with two attached hydrogens (primary N) is 1. The Labute approximate surface area is 134 Å². The van der Waals surface area contributed by atoms with E-state index in [0.717, 1.165) is 35.1 Å². The molecule has 20 heavy (non-hydrogen) atoms. The summed E-state index contributed by atoms with van der Waals surface area (Å²) in [6, 6.07) is 6.17. The van der Waals surface area contributed by atoms with Crippen LogP contribution in [0.2, 0.25) is 0 Å². The van der Waals surface area contributed by atoms with Crippen molar-refractivity contribution in [2.75, 3.05) is 25.0 Å². The summed E-state index contributed by atoms with van der Waals surface area (Å²) >= 11 is 3.45. The average Bonchev–Trinajstić information content (AvgIpc) is 2.81. The van der Waals surface area contributed by atoms with E-state index in [1.54, 1.807) is 0 Å². The molecule has 1 unspecified atom stereocenters. The summed E-state index contributed by atoms with van der Waals surface area (Å²) in [5.41, 5.74) is 7.66. The van der Waals surface area contributed by atoms with E-state index in [0.29, 0.717) is 19.1 Å². The van der Waals surface area contributed by atoms with E-state index in [9.17, 15) is 4.79 Å². The van der Waals surface area contributed by atoms with Crippen molar-refractivity contribution in [3.63, 3.8) is 0 Å². The molecule has 1 atom stereocenters. The van der Waals surface area contributed by atoms with Crippen molar-refractivity contribution in [2.24, 2.45) is 5.73 Å². The van der Waals surface area contributed by atoms with Crippen molar-refractivity contribution >= 4 is 39.9 Å². The van der Waals surface area contributed by atoms with Gasteiger partial charge in [-0.3, -0.25) is 9.69 Å². The summed E-state index contributed by atoms with van der Waals surface area (Å²) in [5.74, 6) is 0.0297. The molecule has 1 heterocycles. The van der Waals surface area contributed by atoms with Crippen LogP contribution >= 0.6 is 28.3 Å². The Kier molecular flexibility index (Phi) is 6.95. The lowest BCUT2D eigenvalue weighted by Crippen LogP contribution is -2.40. The number of benzene rings is 1. The summed E-state index contributed by atoms with van der Waals surface area (Å²) in [6.07, 6.45) is 2.23. The van der Waals surface area contributed by atoms with Crippen molar-refractivity contribution in [1.82, 2.24) is 4.90 Å². The molecule has 0 aromatic heterocycles. The molecule has 0 spiro atoms. The van der Waals surface area contributed by atoms with Gasteiger partial charge in [-0.05, 0) is 50.1 Å². The smallest absolute Gasteiger partial charge is 0.238 e. The minimum absolute atomic E-state index is 0. The van der Waals surface area contributed by atoms with Gasteiger partial charge in [0, 0.05) is 22.7 Å². The molecule has 1 aromatic carbocycles. The van der Waals surface area contributed by atoms with Gasteiger partial charge in [-0.15, -0.1) is 12.4 Å². The van der Waals surface area contributed by atoms with Gasteiger partial charge in [0.15, 0.2) is 0 Å². The van der Waals surface area contributed by atoms with E-state index in [1.165, 1.54) is 0 Å². The number of amides is 1. The van der Waals surface area contributed by atoms with Crippen LogP contribution in [0.15, 0.2) is 22.7 Å². The molecule has 6 heteroatoms. The third-order valence-corrected chi connectivity index (χ3v) is 4.45. The molecule has 0 radical (unpaired) electrons. The van der Waals surface area contributed by atoms with E-state index >= 15 is 0 Å². The van der Waals surface area contributed by atoms with Crippen LogP contribution in [0.25, 0.3) is 0 Å². The Balaban J connectivity index is 0.00000200. The zero-order chi connectivity index (χ0) is 13.8. The summed E-state index contributed by atoms with van der Waals surface area (Å²) in [4.78, 5) is 14.2. The van der Waals surface area contributed by atoms with E-state index in [-0.39, 0.29) is 18.3 Å². The third kappa shape index (κ3) is 4.45. The Bertz CT molecular complexity index is 470. The first-order valence-corrected chi connectivity index (χ1v) is 7.39. The highest BCUT2D eigenvalue weighted by atomic mass is 79.9. The number of carbonyl (C=O) groups is 1. The molecule has 1 aromatic rings. The Morgan fingerprint density at radius 1 is 1.55 bits per heavy atom. The summed E-state index contributed by atoms with van der Waals surface area (Å²) < 4.78 is 1.05. The molecular weight excluding hydrogens is 342 g/mol. The largest absolute Gasteiger partial charge is 0.329 e. The van der Waals surface area contributed by atoms with Gasteiger partial charge in [-0.2, -0.15) is 0 Å². The molecule has 4 nitrogen and oxygen atoms in total. The number of nitrogens with zero attached hydrogens (tertiary/aromatic N) is 1. The number of aryl methyl sites for hydroxylation is 1. The molecule has 112 valence electrons. The maximum Gasteiger partial charge on any atom is 0.238 e. The third-order valence-electron chi connectivity index (χ3n) is 3.56. The topological polar surface area (TPSA) is 58.4 Å². The number of hydrogen-bond donors (Lipinski definition) is 2. The van der Waals surface area contributed by atoms with Crippen LogP contribution in [0.4, 0.5) is 5.69 Å². The minimum atomic E-state index is 0. The normalized spacial score (nSPS) is 18.6. The van der Waals surface area contributed by atoms with Crippen LogP contribution in [0, 0.1) is 6.92 Å². The first-order chi connectivity index (χ1) is 9.10. The van der Waals surface area contributed by atoms with Crippen molar-refractivity contribution in [3.05, 3.63) is 28.2 Å². The lowest BCUT2D eigenvalue weighted by Gasteiger charge is -2.22. The minimum Gasteiger partial charge on any atom is -0.329 e. The van der Waals surface area contributed by atoms with Gasteiger partial charge in [0.2, 0.25) is 5.91 Å². The fourth-order valence-corrected chi connectivity index (χ4v) is 2.72. The van der Waals surface area contributed by atoms with E-state index in [4.69, 9.17) is 5.73 Å². The van der Waals surface area contributed by atoms with Crippen molar-refractivity contribution in [1.29, 1.82) is 0 Å². The standard InChI is InChI=1S/C14H20BrN3O.ClH/c1-10-7-11(4-5-13(10)15)17-14(19)9-18-6-2-3-12(18)8-16;/h4-5,7,12H,2-3,6,8-9,16H2,1H3,(H,17,19);1H. The quantitative estimate of drug-likeness (QED) is 0.865. The Morgan fingerprint density at radius 3 is 2.95 bits per heavy atom.